The van der Waals surface area contributed by atoms with Crippen molar-refractivity contribution < 1.29 is 9.63 Å². The predicted molar refractivity (Wildman–Crippen MR) is 62.6 cm³/mol. The molecule has 0 saturated carbocycles. The van der Waals surface area contributed by atoms with Crippen molar-refractivity contribution in [1.82, 2.24) is 10.1 Å². The van der Waals surface area contributed by atoms with Crippen LogP contribution in [0.25, 0.3) is 0 Å². The molecule has 3 N–H and O–H groups in total. The van der Waals surface area contributed by atoms with Crippen molar-refractivity contribution in [1.29, 1.82) is 0 Å². The molecule has 0 bridgehead atoms. The second-order valence-electron chi connectivity index (χ2n) is 3.57. The fourth-order valence-corrected chi connectivity index (χ4v) is 1.59. The number of benzene rings is 1. The van der Waals surface area contributed by atoms with Crippen LogP contribution < -0.4 is 5.73 Å². The van der Waals surface area contributed by atoms with Gasteiger partial charge in [0.2, 0.25) is 0 Å². The fourth-order valence-electron chi connectivity index (χ4n) is 1.39. The van der Waals surface area contributed by atoms with E-state index in [1.807, 2.05) is 18.2 Å². The van der Waals surface area contributed by atoms with E-state index in [2.05, 4.69) is 10.1 Å². The lowest BCUT2D eigenvalue weighted by Crippen LogP contribution is -2.11. The van der Waals surface area contributed by atoms with Crippen LogP contribution in [0.3, 0.4) is 0 Å². The van der Waals surface area contributed by atoms with Gasteiger partial charge in [-0.3, -0.25) is 0 Å². The van der Waals surface area contributed by atoms with Gasteiger partial charge in [-0.1, -0.05) is 35.0 Å². The van der Waals surface area contributed by atoms with Gasteiger partial charge < -0.3 is 15.4 Å². The van der Waals surface area contributed by atoms with Crippen LogP contribution in [0.15, 0.2) is 28.8 Å². The number of nitrogens with zero attached hydrogens (tertiary/aromatic N) is 2. The van der Waals surface area contributed by atoms with Crippen LogP contribution >= 0.6 is 11.6 Å². The monoisotopic (exact) mass is 253 g/mol. The molecule has 1 aromatic heterocycles. The van der Waals surface area contributed by atoms with Crippen molar-refractivity contribution in [3.63, 3.8) is 0 Å². The number of aliphatic hydroxyl groups is 1. The molecule has 2 rings (SSSR count). The van der Waals surface area contributed by atoms with E-state index >= 15 is 0 Å². The highest BCUT2D eigenvalue weighted by molar-refractivity contribution is 6.31. The lowest BCUT2D eigenvalue weighted by atomic mass is 10.1. The first-order valence-electron chi connectivity index (χ1n) is 5.14. The molecule has 0 saturated heterocycles. The zero-order valence-corrected chi connectivity index (χ0v) is 9.76. The maximum Gasteiger partial charge on any atom is 0.256 e. The third-order valence-electron chi connectivity index (χ3n) is 2.30. The molecule has 0 radical (unpaired) electrons. The summed E-state index contributed by atoms with van der Waals surface area (Å²) >= 11 is 6.02. The SMILES string of the molecule is NCC(O)c1nc(Cc2ccccc2Cl)no1. The standard InChI is InChI=1S/C11H12ClN3O2/c12-8-4-2-1-3-7(8)5-10-14-11(17-15-10)9(16)6-13/h1-4,9,16H,5-6,13H2. The molecule has 1 aromatic carbocycles. The summed E-state index contributed by atoms with van der Waals surface area (Å²) in [6.07, 6.45) is -0.456. The van der Waals surface area contributed by atoms with Gasteiger partial charge in [0.1, 0.15) is 6.10 Å². The number of nitrogens with two attached hydrogens (primary N) is 1. The van der Waals surface area contributed by atoms with Gasteiger partial charge in [0.05, 0.1) is 0 Å². The number of hydrogen-bond donors (Lipinski definition) is 2. The van der Waals surface area contributed by atoms with E-state index < -0.39 is 6.10 Å². The minimum Gasteiger partial charge on any atom is -0.382 e. The van der Waals surface area contributed by atoms with E-state index in [4.69, 9.17) is 21.9 Å². The van der Waals surface area contributed by atoms with Gasteiger partial charge in [0, 0.05) is 18.0 Å². The van der Waals surface area contributed by atoms with Crippen LogP contribution in [0.2, 0.25) is 5.02 Å². The van der Waals surface area contributed by atoms with Crippen LogP contribution in [-0.2, 0) is 6.42 Å². The van der Waals surface area contributed by atoms with Crippen LogP contribution in [0.4, 0.5) is 0 Å². The molecule has 6 heteroatoms. The molecule has 90 valence electrons. The van der Waals surface area contributed by atoms with Crippen molar-refractivity contribution in [2.24, 2.45) is 5.73 Å². The largest absolute Gasteiger partial charge is 0.382 e. The topological polar surface area (TPSA) is 85.2 Å². The highest BCUT2D eigenvalue weighted by Crippen LogP contribution is 2.18. The molecule has 17 heavy (non-hydrogen) atoms. The van der Waals surface area contributed by atoms with Gasteiger partial charge in [-0.05, 0) is 11.6 Å². The van der Waals surface area contributed by atoms with Crippen molar-refractivity contribution in [2.75, 3.05) is 6.54 Å². The summed E-state index contributed by atoms with van der Waals surface area (Å²) in [5.74, 6) is 0.607. The molecule has 1 heterocycles. The third-order valence-corrected chi connectivity index (χ3v) is 2.67. The number of halogens is 1. The number of aliphatic hydroxyl groups excluding tert-OH is 1. The highest BCUT2D eigenvalue weighted by atomic mass is 35.5. The van der Waals surface area contributed by atoms with Gasteiger partial charge in [-0.25, -0.2) is 0 Å². The zero-order chi connectivity index (χ0) is 12.3. The van der Waals surface area contributed by atoms with Gasteiger partial charge in [-0.15, -0.1) is 0 Å². The molecule has 0 aliphatic heterocycles. The molecular formula is C11H12ClN3O2. The average Bonchev–Trinajstić information content (AvgIpc) is 2.80. The summed E-state index contributed by atoms with van der Waals surface area (Å²) in [6.45, 7) is 0.0493. The Kier molecular flexibility index (Phi) is 3.73. The zero-order valence-electron chi connectivity index (χ0n) is 9.01. The first-order valence-corrected chi connectivity index (χ1v) is 5.52. The third kappa shape index (κ3) is 2.82. The Morgan fingerprint density at radius 3 is 2.88 bits per heavy atom. The second-order valence-corrected chi connectivity index (χ2v) is 3.98. The minimum atomic E-state index is -0.914. The Hall–Kier alpha value is -1.43. The normalized spacial score (nSPS) is 12.6. The number of hydrogen-bond acceptors (Lipinski definition) is 5. The Labute approximate surface area is 103 Å². The van der Waals surface area contributed by atoms with Crippen LogP contribution in [0, 0.1) is 0 Å². The van der Waals surface area contributed by atoms with Crippen molar-refractivity contribution in [3.05, 3.63) is 46.6 Å². The van der Waals surface area contributed by atoms with E-state index in [0.29, 0.717) is 17.3 Å². The maximum atomic E-state index is 9.42. The van der Waals surface area contributed by atoms with Gasteiger partial charge in [-0.2, -0.15) is 4.98 Å². The molecule has 1 unspecified atom stereocenters. The van der Waals surface area contributed by atoms with Gasteiger partial charge >= 0.3 is 0 Å². The van der Waals surface area contributed by atoms with E-state index in [9.17, 15) is 5.11 Å². The van der Waals surface area contributed by atoms with E-state index in [1.165, 1.54) is 0 Å². The first-order chi connectivity index (χ1) is 8.20. The molecule has 1 atom stereocenters. The molecule has 0 spiro atoms. The Balaban J connectivity index is 2.14. The Morgan fingerprint density at radius 1 is 1.41 bits per heavy atom. The fraction of sp³-hybridized carbons (Fsp3) is 0.273. The van der Waals surface area contributed by atoms with Crippen LogP contribution in [0.5, 0.6) is 0 Å². The van der Waals surface area contributed by atoms with E-state index in [-0.39, 0.29) is 12.4 Å². The molecule has 0 amide bonds. The summed E-state index contributed by atoms with van der Waals surface area (Å²) in [5.41, 5.74) is 6.20. The lowest BCUT2D eigenvalue weighted by Gasteiger charge is -1.99. The summed E-state index contributed by atoms with van der Waals surface area (Å²) in [5, 5.41) is 13.8. The van der Waals surface area contributed by atoms with Crippen molar-refractivity contribution in [2.45, 2.75) is 12.5 Å². The van der Waals surface area contributed by atoms with Crippen molar-refractivity contribution in [3.8, 4) is 0 Å². The van der Waals surface area contributed by atoms with Crippen LogP contribution in [0.1, 0.15) is 23.4 Å². The lowest BCUT2D eigenvalue weighted by molar-refractivity contribution is 0.141. The Morgan fingerprint density at radius 2 is 2.18 bits per heavy atom. The summed E-state index contributed by atoms with van der Waals surface area (Å²) in [4.78, 5) is 4.05. The van der Waals surface area contributed by atoms with E-state index in [0.717, 1.165) is 5.56 Å². The molecule has 0 aliphatic carbocycles. The quantitative estimate of drug-likeness (QED) is 0.858. The minimum absolute atomic E-state index is 0.0493. The predicted octanol–water partition coefficient (Wildman–Crippen LogP) is 1.31. The van der Waals surface area contributed by atoms with Crippen molar-refractivity contribution >= 4 is 11.6 Å². The summed E-state index contributed by atoms with van der Waals surface area (Å²) in [6, 6.07) is 7.42. The van der Waals surface area contributed by atoms with E-state index in [1.54, 1.807) is 6.07 Å². The molecule has 0 aliphatic rings. The summed E-state index contributed by atoms with van der Waals surface area (Å²) in [7, 11) is 0. The highest BCUT2D eigenvalue weighted by Gasteiger charge is 2.14. The smallest absolute Gasteiger partial charge is 0.256 e. The molecule has 5 nitrogen and oxygen atoms in total. The number of rotatable bonds is 4. The van der Waals surface area contributed by atoms with Crippen LogP contribution in [-0.4, -0.2) is 21.8 Å². The number of aromatic nitrogens is 2. The van der Waals surface area contributed by atoms with Gasteiger partial charge in [0.25, 0.3) is 5.89 Å². The first kappa shape index (κ1) is 12.0. The second kappa shape index (κ2) is 5.27. The molecule has 0 fully saturated rings. The maximum absolute atomic E-state index is 9.42. The van der Waals surface area contributed by atoms with Gasteiger partial charge in [0.15, 0.2) is 5.82 Å². The molecular weight excluding hydrogens is 242 g/mol. The summed E-state index contributed by atoms with van der Waals surface area (Å²) < 4.78 is 4.90. The molecule has 2 aromatic rings. The average molecular weight is 254 g/mol. The Bertz CT molecular complexity index is 501.